The summed E-state index contributed by atoms with van der Waals surface area (Å²) >= 11 is 0. The van der Waals surface area contributed by atoms with E-state index in [-0.39, 0.29) is 24.2 Å². The smallest absolute Gasteiger partial charge is 0.326 e. The first-order chi connectivity index (χ1) is 12.6. The topological polar surface area (TPSA) is 106 Å². The van der Waals surface area contributed by atoms with Gasteiger partial charge in [-0.3, -0.25) is 4.79 Å². The van der Waals surface area contributed by atoms with Crippen LogP contribution in [0.5, 0.6) is 0 Å². The van der Waals surface area contributed by atoms with Gasteiger partial charge in [-0.2, -0.15) is 5.10 Å². The Morgan fingerprint density at radius 3 is 2.48 bits per heavy atom. The van der Waals surface area contributed by atoms with E-state index in [1.54, 1.807) is 16.8 Å². The maximum absolute atomic E-state index is 12.4. The van der Waals surface area contributed by atoms with Crippen LogP contribution in [0.2, 0.25) is 0 Å². The lowest BCUT2D eigenvalue weighted by molar-refractivity contribution is -0.140. The van der Waals surface area contributed by atoms with E-state index >= 15 is 0 Å². The molecule has 0 fully saturated rings. The molecule has 0 aromatic carbocycles. The van der Waals surface area contributed by atoms with Gasteiger partial charge in [0.15, 0.2) is 5.82 Å². The molecule has 2 N–H and O–H groups in total. The highest BCUT2D eigenvalue weighted by Gasteiger charge is 2.22. The van der Waals surface area contributed by atoms with Gasteiger partial charge >= 0.3 is 5.97 Å². The lowest BCUT2D eigenvalue weighted by Crippen LogP contribution is -2.42. The molecule has 2 heterocycles. The molecule has 0 bridgehead atoms. The number of aryl methyl sites for hydroxylation is 2. The Balaban J connectivity index is 2.03. The first-order valence-corrected chi connectivity index (χ1v) is 8.74. The second-order valence-electron chi connectivity index (χ2n) is 7.36. The van der Waals surface area contributed by atoms with Gasteiger partial charge in [0.25, 0.3) is 5.91 Å². The highest BCUT2D eigenvalue weighted by atomic mass is 16.5. The highest BCUT2D eigenvalue weighted by molar-refractivity contribution is 5.96. The average Bonchev–Trinajstić information content (AvgIpc) is 2.91. The summed E-state index contributed by atoms with van der Waals surface area (Å²) in [5.41, 5.74) is 1.72. The van der Waals surface area contributed by atoms with Crippen LogP contribution >= 0.6 is 0 Å². The monoisotopic (exact) mass is 374 g/mol. The number of nitrogens with one attached hydrogen (secondary N) is 1. The Hall–Kier alpha value is -2.74. The van der Waals surface area contributed by atoms with Crippen LogP contribution in [0.1, 0.15) is 48.9 Å². The van der Waals surface area contributed by atoms with Gasteiger partial charge in [-0.1, -0.05) is 0 Å². The van der Waals surface area contributed by atoms with Crippen LogP contribution in [0.25, 0.3) is 5.82 Å². The molecule has 8 heteroatoms. The molecule has 146 valence electrons. The molecule has 8 nitrogen and oxygen atoms in total. The zero-order valence-corrected chi connectivity index (χ0v) is 16.3. The lowest BCUT2D eigenvalue weighted by Gasteiger charge is -2.21. The Labute approximate surface area is 158 Å². The van der Waals surface area contributed by atoms with Gasteiger partial charge in [0, 0.05) is 24.9 Å². The minimum atomic E-state index is -1.10. The van der Waals surface area contributed by atoms with Crippen molar-refractivity contribution in [1.82, 2.24) is 20.1 Å². The number of rotatable bonds is 7. The average molecular weight is 374 g/mol. The van der Waals surface area contributed by atoms with E-state index < -0.39 is 17.9 Å². The molecule has 0 aliphatic rings. The fourth-order valence-corrected chi connectivity index (χ4v) is 2.49. The number of pyridine rings is 1. The summed E-state index contributed by atoms with van der Waals surface area (Å²) in [5.74, 6) is -1.01. The number of carbonyl (C=O) groups excluding carboxylic acids is 1. The highest BCUT2D eigenvalue weighted by Crippen LogP contribution is 2.11. The zero-order valence-electron chi connectivity index (χ0n) is 16.3. The number of carboxylic acid groups (broad SMARTS) is 1. The van der Waals surface area contributed by atoms with Crippen molar-refractivity contribution in [3.63, 3.8) is 0 Å². The lowest BCUT2D eigenvalue weighted by atomic mass is 10.1. The summed E-state index contributed by atoms with van der Waals surface area (Å²) in [5, 5.41) is 16.2. The standard InChI is InChI=1S/C19H26N4O4/c1-12-10-13(2)23(22-12)16-7-6-14(11-20-16)17(24)21-15(18(25)26)8-9-27-19(3,4)5/h6-7,10-11,15H,8-9H2,1-5H3,(H,21,24)(H,25,26). The molecule has 0 saturated heterocycles. The van der Waals surface area contributed by atoms with Crippen molar-refractivity contribution < 1.29 is 19.4 Å². The number of nitrogens with zero attached hydrogens (tertiary/aromatic N) is 3. The van der Waals surface area contributed by atoms with Crippen LogP contribution in [0.3, 0.4) is 0 Å². The van der Waals surface area contributed by atoms with E-state index in [0.717, 1.165) is 11.4 Å². The molecular formula is C19H26N4O4. The fourth-order valence-electron chi connectivity index (χ4n) is 2.49. The molecule has 2 rings (SSSR count). The van der Waals surface area contributed by atoms with Crippen LogP contribution in [0.4, 0.5) is 0 Å². The largest absolute Gasteiger partial charge is 0.480 e. The van der Waals surface area contributed by atoms with E-state index in [9.17, 15) is 14.7 Å². The van der Waals surface area contributed by atoms with E-state index in [2.05, 4.69) is 15.4 Å². The van der Waals surface area contributed by atoms with Crippen molar-refractivity contribution in [2.45, 2.75) is 52.7 Å². The Kier molecular flexibility index (Phi) is 6.32. The Bertz CT molecular complexity index is 806. The zero-order chi connectivity index (χ0) is 20.2. The molecule has 1 amide bonds. The van der Waals surface area contributed by atoms with Crippen LogP contribution in [0, 0.1) is 13.8 Å². The fraction of sp³-hybridized carbons (Fsp3) is 0.474. The SMILES string of the molecule is Cc1cc(C)n(-c2ccc(C(=O)NC(CCOC(C)(C)C)C(=O)O)cn2)n1. The van der Waals surface area contributed by atoms with E-state index in [0.29, 0.717) is 5.82 Å². The maximum atomic E-state index is 12.4. The van der Waals surface area contributed by atoms with Crippen molar-refractivity contribution in [1.29, 1.82) is 0 Å². The minimum Gasteiger partial charge on any atom is -0.480 e. The third kappa shape index (κ3) is 5.89. The van der Waals surface area contributed by atoms with Gasteiger partial charge in [-0.15, -0.1) is 0 Å². The normalized spacial score (nSPS) is 12.6. The van der Waals surface area contributed by atoms with Gasteiger partial charge in [0.1, 0.15) is 6.04 Å². The molecule has 0 spiro atoms. The molecule has 0 aliphatic carbocycles. The summed E-state index contributed by atoms with van der Waals surface area (Å²) in [6.45, 7) is 9.70. The molecule has 2 aromatic rings. The molecule has 0 radical (unpaired) electrons. The van der Waals surface area contributed by atoms with Gasteiger partial charge in [0.2, 0.25) is 0 Å². The van der Waals surface area contributed by atoms with Gasteiger partial charge < -0.3 is 15.2 Å². The second-order valence-corrected chi connectivity index (χ2v) is 7.36. The third-order valence-corrected chi connectivity index (χ3v) is 3.78. The molecule has 2 aromatic heterocycles. The van der Waals surface area contributed by atoms with E-state index in [1.807, 2.05) is 40.7 Å². The summed E-state index contributed by atoms with van der Waals surface area (Å²) in [7, 11) is 0. The van der Waals surface area contributed by atoms with Crippen molar-refractivity contribution in [3.8, 4) is 5.82 Å². The number of amides is 1. The summed E-state index contributed by atoms with van der Waals surface area (Å²) in [4.78, 5) is 28.0. The van der Waals surface area contributed by atoms with Crippen LogP contribution in [-0.4, -0.2) is 50.0 Å². The first kappa shape index (κ1) is 20.6. The number of aromatic nitrogens is 3. The van der Waals surface area contributed by atoms with E-state index in [4.69, 9.17) is 4.74 Å². The Morgan fingerprint density at radius 1 is 1.30 bits per heavy atom. The number of aliphatic carboxylic acids is 1. The molecule has 1 atom stereocenters. The van der Waals surface area contributed by atoms with Gasteiger partial charge in [0.05, 0.1) is 16.9 Å². The van der Waals surface area contributed by atoms with Crippen LogP contribution in [-0.2, 0) is 9.53 Å². The van der Waals surface area contributed by atoms with Crippen molar-refractivity contribution in [2.75, 3.05) is 6.61 Å². The van der Waals surface area contributed by atoms with E-state index in [1.165, 1.54) is 6.20 Å². The summed E-state index contributed by atoms with van der Waals surface area (Å²) < 4.78 is 7.22. The molecule has 1 unspecified atom stereocenters. The summed E-state index contributed by atoms with van der Waals surface area (Å²) in [6.07, 6.45) is 1.58. The Morgan fingerprint density at radius 2 is 2.00 bits per heavy atom. The predicted molar refractivity (Wildman–Crippen MR) is 100 cm³/mol. The predicted octanol–water partition coefficient (Wildman–Crippen LogP) is 2.27. The molecule has 0 aliphatic heterocycles. The quantitative estimate of drug-likeness (QED) is 0.770. The summed E-state index contributed by atoms with van der Waals surface area (Å²) in [6, 6.07) is 4.17. The number of carbonyl (C=O) groups is 2. The van der Waals surface area contributed by atoms with Gasteiger partial charge in [-0.05, 0) is 52.8 Å². The number of hydrogen-bond donors (Lipinski definition) is 2. The van der Waals surface area contributed by atoms with Crippen LogP contribution in [0.15, 0.2) is 24.4 Å². The number of ether oxygens (including phenoxy) is 1. The van der Waals surface area contributed by atoms with Gasteiger partial charge in [-0.25, -0.2) is 14.5 Å². The first-order valence-electron chi connectivity index (χ1n) is 8.74. The second kappa shape index (κ2) is 8.30. The number of hydrogen-bond acceptors (Lipinski definition) is 5. The third-order valence-electron chi connectivity index (χ3n) is 3.78. The molecule has 0 saturated carbocycles. The minimum absolute atomic E-state index is 0.176. The van der Waals surface area contributed by atoms with Crippen LogP contribution < -0.4 is 5.32 Å². The molecule has 27 heavy (non-hydrogen) atoms. The van der Waals surface area contributed by atoms with Crippen molar-refractivity contribution >= 4 is 11.9 Å². The number of carboxylic acids is 1. The maximum Gasteiger partial charge on any atom is 0.326 e. The van der Waals surface area contributed by atoms with Crippen molar-refractivity contribution in [2.24, 2.45) is 0 Å². The van der Waals surface area contributed by atoms with Crippen molar-refractivity contribution in [3.05, 3.63) is 41.3 Å². The molecular weight excluding hydrogens is 348 g/mol.